The van der Waals surface area contributed by atoms with Crippen LogP contribution in [0.3, 0.4) is 0 Å². The minimum atomic E-state index is -0.905. The van der Waals surface area contributed by atoms with E-state index >= 15 is 0 Å². The number of benzene rings is 1. The Morgan fingerprint density at radius 2 is 1.95 bits per heavy atom. The zero-order chi connectivity index (χ0) is 15.0. The molecule has 1 atom stereocenters. The third-order valence-corrected chi connectivity index (χ3v) is 3.08. The molecule has 0 aliphatic rings. The molecule has 2 N–H and O–H groups in total. The predicted molar refractivity (Wildman–Crippen MR) is 77.5 cm³/mol. The first kappa shape index (κ1) is 16.0. The normalized spacial score (nSPS) is 11.7. The molecule has 0 aliphatic heterocycles. The molecule has 1 aromatic carbocycles. The van der Waals surface area contributed by atoms with E-state index in [2.05, 4.69) is 12.2 Å². The number of carbonyl (C=O) groups is 2. The third kappa shape index (κ3) is 5.30. The molecule has 0 radical (unpaired) electrons. The average molecular weight is 278 g/mol. The van der Waals surface area contributed by atoms with Crippen LogP contribution >= 0.6 is 0 Å². The summed E-state index contributed by atoms with van der Waals surface area (Å²) in [4.78, 5) is 24.0. The number of urea groups is 1. The van der Waals surface area contributed by atoms with Crippen molar-refractivity contribution in [1.82, 2.24) is 10.2 Å². The number of rotatable bonds is 7. The fourth-order valence-corrected chi connectivity index (χ4v) is 1.92. The molecular weight excluding hydrogens is 256 g/mol. The number of nitrogens with one attached hydrogen (secondary N) is 1. The SMILES string of the molecule is CCCC(NC(=O)N(C)CCC(=O)O)c1ccccc1. The highest BCUT2D eigenvalue weighted by molar-refractivity contribution is 5.75. The zero-order valence-corrected chi connectivity index (χ0v) is 12.0. The van der Waals surface area contributed by atoms with Gasteiger partial charge in [-0.1, -0.05) is 43.7 Å². The summed E-state index contributed by atoms with van der Waals surface area (Å²) in [7, 11) is 1.60. The van der Waals surface area contributed by atoms with Gasteiger partial charge in [0, 0.05) is 13.6 Å². The van der Waals surface area contributed by atoms with Crippen LogP contribution in [-0.2, 0) is 4.79 Å². The fourth-order valence-electron chi connectivity index (χ4n) is 1.92. The highest BCUT2D eigenvalue weighted by Gasteiger charge is 2.16. The monoisotopic (exact) mass is 278 g/mol. The van der Waals surface area contributed by atoms with Crippen molar-refractivity contribution in [3.05, 3.63) is 35.9 Å². The Morgan fingerprint density at radius 3 is 2.50 bits per heavy atom. The minimum Gasteiger partial charge on any atom is -0.481 e. The molecule has 0 spiro atoms. The lowest BCUT2D eigenvalue weighted by Crippen LogP contribution is -2.40. The van der Waals surface area contributed by atoms with Crippen molar-refractivity contribution >= 4 is 12.0 Å². The smallest absolute Gasteiger partial charge is 0.317 e. The minimum absolute atomic E-state index is 0.0408. The molecule has 0 aliphatic carbocycles. The van der Waals surface area contributed by atoms with Gasteiger partial charge in [0.1, 0.15) is 0 Å². The maximum absolute atomic E-state index is 12.0. The number of aliphatic carboxylic acids is 1. The maximum Gasteiger partial charge on any atom is 0.317 e. The Bertz CT molecular complexity index is 434. The van der Waals surface area contributed by atoms with Crippen LogP contribution in [0.5, 0.6) is 0 Å². The quantitative estimate of drug-likeness (QED) is 0.805. The van der Waals surface area contributed by atoms with Crippen molar-refractivity contribution in [2.24, 2.45) is 0 Å². The molecule has 5 nitrogen and oxygen atoms in total. The number of hydrogen-bond donors (Lipinski definition) is 2. The molecule has 20 heavy (non-hydrogen) atoms. The van der Waals surface area contributed by atoms with E-state index in [0.717, 1.165) is 18.4 Å². The number of carboxylic acids is 1. The molecule has 1 aromatic rings. The summed E-state index contributed by atoms with van der Waals surface area (Å²) < 4.78 is 0. The van der Waals surface area contributed by atoms with Crippen LogP contribution < -0.4 is 5.32 Å². The van der Waals surface area contributed by atoms with E-state index in [9.17, 15) is 9.59 Å². The van der Waals surface area contributed by atoms with Crippen molar-refractivity contribution in [3.8, 4) is 0 Å². The second-order valence-electron chi connectivity index (χ2n) is 4.77. The predicted octanol–water partition coefficient (Wildman–Crippen LogP) is 2.64. The highest BCUT2D eigenvalue weighted by atomic mass is 16.4. The molecule has 0 aromatic heterocycles. The van der Waals surface area contributed by atoms with Crippen LogP contribution in [0.4, 0.5) is 4.79 Å². The van der Waals surface area contributed by atoms with E-state index < -0.39 is 5.97 Å². The molecule has 0 bridgehead atoms. The summed E-state index contributed by atoms with van der Waals surface area (Å²) in [5.74, 6) is -0.905. The Kier molecular flexibility index (Phi) is 6.56. The van der Waals surface area contributed by atoms with E-state index in [4.69, 9.17) is 5.11 Å². The summed E-state index contributed by atoms with van der Waals surface area (Å²) in [6.45, 7) is 2.27. The third-order valence-electron chi connectivity index (χ3n) is 3.08. The van der Waals surface area contributed by atoms with Crippen LogP contribution in [0.2, 0.25) is 0 Å². The molecular formula is C15H22N2O3. The van der Waals surface area contributed by atoms with E-state index in [0.29, 0.717) is 0 Å². The molecule has 2 amide bonds. The van der Waals surface area contributed by atoms with Gasteiger partial charge in [-0.05, 0) is 12.0 Å². The van der Waals surface area contributed by atoms with E-state index in [1.54, 1.807) is 7.05 Å². The van der Waals surface area contributed by atoms with Gasteiger partial charge in [0.2, 0.25) is 0 Å². The second-order valence-corrected chi connectivity index (χ2v) is 4.77. The average Bonchev–Trinajstić information content (AvgIpc) is 2.45. The van der Waals surface area contributed by atoms with E-state index in [-0.39, 0.29) is 25.0 Å². The van der Waals surface area contributed by atoms with Gasteiger partial charge in [-0.25, -0.2) is 4.79 Å². The van der Waals surface area contributed by atoms with Gasteiger partial charge in [-0.15, -0.1) is 0 Å². The van der Waals surface area contributed by atoms with Crippen molar-refractivity contribution < 1.29 is 14.7 Å². The lowest BCUT2D eigenvalue weighted by atomic mass is 10.0. The summed E-state index contributed by atoms with van der Waals surface area (Å²) >= 11 is 0. The van der Waals surface area contributed by atoms with Crippen molar-refractivity contribution in [1.29, 1.82) is 0 Å². The van der Waals surface area contributed by atoms with Crippen LogP contribution in [0.15, 0.2) is 30.3 Å². The van der Waals surface area contributed by atoms with Crippen LogP contribution in [0.1, 0.15) is 37.8 Å². The summed E-state index contributed by atoms with van der Waals surface area (Å²) in [6, 6.07) is 9.51. The van der Waals surface area contributed by atoms with Gasteiger partial charge in [0.15, 0.2) is 0 Å². The molecule has 110 valence electrons. The van der Waals surface area contributed by atoms with Crippen LogP contribution in [0.25, 0.3) is 0 Å². The van der Waals surface area contributed by atoms with Gasteiger partial charge in [0.05, 0.1) is 12.5 Å². The van der Waals surface area contributed by atoms with E-state index in [1.807, 2.05) is 30.3 Å². The van der Waals surface area contributed by atoms with E-state index in [1.165, 1.54) is 4.90 Å². The van der Waals surface area contributed by atoms with Gasteiger partial charge < -0.3 is 15.3 Å². The van der Waals surface area contributed by atoms with Gasteiger partial charge in [0.25, 0.3) is 0 Å². The Labute approximate surface area is 119 Å². The fraction of sp³-hybridized carbons (Fsp3) is 0.467. The molecule has 0 heterocycles. The molecule has 5 heteroatoms. The number of nitrogens with zero attached hydrogens (tertiary/aromatic N) is 1. The Hall–Kier alpha value is -2.04. The number of amides is 2. The second kappa shape index (κ2) is 8.19. The van der Waals surface area contributed by atoms with Crippen molar-refractivity contribution in [2.45, 2.75) is 32.2 Å². The molecule has 1 rings (SSSR count). The van der Waals surface area contributed by atoms with Crippen molar-refractivity contribution in [2.75, 3.05) is 13.6 Å². The van der Waals surface area contributed by atoms with Gasteiger partial charge >= 0.3 is 12.0 Å². The molecule has 0 saturated heterocycles. The lowest BCUT2D eigenvalue weighted by molar-refractivity contribution is -0.137. The summed E-state index contributed by atoms with van der Waals surface area (Å²) in [6.07, 6.45) is 1.76. The molecule has 0 saturated carbocycles. The first-order valence-corrected chi connectivity index (χ1v) is 6.83. The molecule has 1 unspecified atom stereocenters. The number of carbonyl (C=O) groups excluding carboxylic acids is 1. The Balaban J connectivity index is 2.61. The zero-order valence-electron chi connectivity index (χ0n) is 12.0. The first-order chi connectivity index (χ1) is 9.54. The highest BCUT2D eigenvalue weighted by Crippen LogP contribution is 2.18. The molecule has 0 fully saturated rings. The first-order valence-electron chi connectivity index (χ1n) is 6.83. The van der Waals surface area contributed by atoms with Crippen molar-refractivity contribution in [3.63, 3.8) is 0 Å². The summed E-state index contributed by atoms with van der Waals surface area (Å²) in [5, 5.41) is 11.6. The number of hydrogen-bond acceptors (Lipinski definition) is 2. The van der Waals surface area contributed by atoms with Crippen LogP contribution in [-0.4, -0.2) is 35.6 Å². The largest absolute Gasteiger partial charge is 0.481 e. The number of carboxylic acid groups (broad SMARTS) is 1. The standard InChI is InChI=1S/C15H22N2O3/c1-3-7-13(12-8-5-4-6-9-12)16-15(20)17(2)11-10-14(18)19/h4-6,8-9,13H,3,7,10-11H2,1-2H3,(H,16,20)(H,18,19). The van der Waals surface area contributed by atoms with Gasteiger partial charge in [-0.2, -0.15) is 0 Å². The van der Waals surface area contributed by atoms with Gasteiger partial charge in [-0.3, -0.25) is 4.79 Å². The topological polar surface area (TPSA) is 69.6 Å². The maximum atomic E-state index is 12.0. The van der Waals surface area contributed by atoms with Crippen LogP contribution in [0, 0.1) is 0 Å². The summed E-state index contributed by atoms with van der Waals surface area (Å²) in [5.41, 5.74) is 1.06. The lowest BCUT2D eigenvalue weighted by Gasteiger charge is -2.23. The Morgan fingerprint density at radius 1 is 1.30 bits per heavy atom.